The van der Waals surface area contributed by atoms with Crippen LogP contribution in [0.1, 0.15) is 28.4 Å². The number of carbonyl (C=O) groups is 2. The third kappa shape index (κ3) is 3.93. The van der Waals surface area contributed by atoms with E-state index in [1.165, 1.54) is 0 Å². The summed E-state index contributed by atoms with van der Waals surface area (Å²) in [6.07, 6.45) is 0. The van der Waals surface area contributed by atoms with Crippen LogP contribution in [-0.4, -0.2) is 18.9 Å². The van der Waals surface area contributed by atoms with Crippen LogP contribution < -0.4 is 11.1 Å². The Morgan fingerprint density at radius 2 is 1.88 bits per heavy atom. The maximum Gasteiger partial charge on any atom is 0.252 e. The number of nitrogens with one attached hydrogen (secondary N) is 1. The average Bonchev–Trinajstić information content (AvgIpc) is 2.55. The van der Waals surface area contributed by atoms with Crippen molar-refractivity contribution >= 4 is 23.4 Å². The normalized spacial score (nSPS) is 13.1. The molecule has 6 heteroatoms. The van der Waals surface area contributed by atoms with Crippen molar-refractivity contribution in [3.63, 3.8) is 0 Å². The molecule has 5 nitrogen and oxygen atoms in total. The number of halogens is 1. The van der Waals surface area contributed by atoms with Crippen LogP contribution in [0.4, 0.5) is 0 Å². The molecule has 24 heavy (non-hydrogen) atoms. The fourth-order valence-electron chi connectivity index (χ4n) is 2.29. The Hall–Kier alpha value is -2.37. The molecule has 0 spiro atoms. The van der Waals surface area contributed by atoms with E-state index >= 15 is 0 Å². The fraction of sp³-hybridized carbons (Fsp3) is 0.222. The highest BCUT2D eigenvalue weighted by molar-refractivity contribution is 6.30. The molecule has 0 bridgehead atoms. The summed E-state index contributed by atoms with van der Waals surface area (Å²) in [5.41, 5.74) is 6.05. The Morgan fingerprint density at radius 3 is 2.42 bits per heavy atom. The van der Waals surface area contributed by atoms with Gasteiger partial charge in [0.05, 0.1) is 6.61 Å². The van der Waals surface area contributed by atoms with Crippen LogP contribution in [0, 0.1) is 0 Å². The first kappa shape index (κ1) is 18.0. The Kier molecular flexibility index (Phi) is 5.59. The molecule has 2 aromatic carbocycles. The van der Waals surface area contributed by atoms with Gasteiger partial charge in [0.15, 0.2) is 0 Å². The maximum absolute atomic E-state index is 12.5. The summed E-state index contributed by atoms with van der Waals surface area (Å²) in [5, 5.41) is 3.16. The summed E-state index contributed by atoms with van der Waals surface area (Å²) in [4.78, 5) is 24.5. The van der Waals surface area contributed by atoms with Gasteiger partial charge in [0.2, 0.25) is 5.91 Å². The molecule has 126 valence electrons. The third-order valence-electron chi connectivity index (χ3n) is 3.79. The van der Waals surface area contributed by atoms with Gasteiger partial charge in [-0.1, -0.05) is 35.9 Å². The van der Waals surface area contributed by atoms with Crippen molar-refractivity contribution in [2.45, 2.75) is 19.1 Å². The Morgan fingerprint density at radius 1 is 1.21 bits per heavy atom. The smallest absolute Gasteiger partial charge is 0.252 e. The van der Waals surface area contributed by atoms with Gasteiger partial charge in [-0.15, -0.1) is 0 Å². The van der Waals surface area contributed by atoms with E-state index in [2.05, 4.69) is 5.32 Å². The first-order valence-electron chi connectivity index (χ1n) is 7.33. The molecule has 2 aromatic rings. The molecule has 0 aliphatic heterocycles. The number of hydrogen-bond acceptors (Lipinski definition) is 3. The Bertz CT molecular complexity index is 746. The van der Waals surface area contributed by atoms with Crippen LogP contribution in [0.2, 0.25) is 5.02 Å². The van der Waals surface area contributed by atoms with E-state index in [4.69, 9.17) is 22.1 Å². The van der Waals surface area contributed by atoms with Crippen LogP contribution in [0.15, 0.2) is 48.5 Å². The van der Waals surface area contributed by atoms with Crippen LogP contribution in [0.5, 0.6) is 0 Å². The molecule has 2 rings (SSSR count). The Labute approximate surface area is 145 Å². The van der Waals surface area contributed by atoms with Gasteiger partial charge in [0.1, 0.15) is 5.54 Å². The number of amides is 2. The van der Waals surface area contributed by atoms with Crippen molar-refractivity contribution in [2.75, 3.05) is 7.11 Å². The van der Waals surface area contributed by atoms with Crippen molar-refractivity contribution in [1.29, 1.82) is 0 Å². The number of hydrogen-bond donors (Lipinski definition) is 2. The standard InChI is InChI=1S/C18H19ClN2O3/c1-18(17(20)23,14-4-3-5-15(19)10-14)21-16(22)13-8-6-12(7-9-13)11-24-2/h3-10H,11H2,1-2H3,(H2,20,23)(H,21,22). The lowest BCUT2D eigenvalue weighted by molar-refractivity contribution is -0.123. The number of carbonyl (C=O) groups excluding carboxylic acids is 2. The third-order valence-corrected chi connectivity index (χ3v) is 4.02. The van der Waals surface area contributed by atoms with Crippen LogP contribution >= 0.6 is 11.6 Å². The van der Waals surface area contributed by atoms with Gasteiger partial charge in [-0.2, -0.15) is 0 Å². The summed E-state index contributed by atoms with van der Waals surface area (Å²) in [7, 11) is 1.60. The lowest BCUT2D eigenvalue weighted by Gasteiger charge is -2.28. The SMILES string of the molecule is COCc1ccc(C(=O)NC(C)(C(N)=O)c2cccc(Cl)c2)cc1. The zero-order valence-corrected chi connectivity index (χ0v) is 14.3. The quantitative estimate of drug-likeness (QED) is 0.843. The molecule has 0 radical (unpaired) electrons. The zero-order valence-electron chi connectivity index (χ0n) is 13.5. The number of nitrogens with two attached hydrogens (primary N) is 1. The van der Waals surface area contributed by atoms with E-state index in [9.17, 15) is 9.59 Å². The molecule has 0 saturated carbocycles. The van der Waals surface area contributed by atoms with Gasteiger partial charge in [0.25, 0.3) is 5.91 Å². The van der Waals surface area contributed by atoms with Gasteiger partial charge in [-0.05, 0) is 42.3 Å². The second-order valence-corrected chi connectivity index (χ2v) is 6.02. The molecular formula is C18H19ClN2O3. The van der Waals surface area contributed by atoms with Gasteiger partial charge < -0.3 is 15.8 Å². The average molecular weight is 347 g/mol. The van der Waals surface area contributed by atoms with Crippen LogP contribution in [-0.2, 0) is 21.7 Å². The molecule has 0 aromatic heterocycles. The molecule has 2 amide bonds. The summed E-state index contributed by atoms with van der Waals surface area (Å²) in [6, 6.07) is 13.6. The topological polar surface area (TPSA) is 81.4 Å². The molecule has 1 unspecified atom stereocenters. The minimum atomic E-state index is -1.37. The van der Waals surface area contributed by atoms with Crippen molar-refractivity contribution in [3.8, 4) is 0 Å². The molecule has 0 fully saturated rings. The molecule has 0 aliphatic carbocycles. The van der Waals surface area contributed by atoms with Gasteiger partial charge in [0, 0.05) is 17.7 Å². The summed E-state index contributed by atoms with van der Waals surface area (Å²) in [5.74, 6) is -1.07. The number of primary amides is 1. The van der Waals surface area contributed by atoms with Crippen molar-refractivity contribution < 1.29 is 14.3 Å². The number of methoxy groups -OCH3 is 1. The van der Waals surface area contributed by atoms with E-state index < -0.39 is 17.4 Å². The van der Waals surface area contributed by atoms with E-state index in [0.717, 1.165) is 5.56 Å². The summed E-state index contributed by atoms with van der Waals surface area (Å²) in [6.45, 7) is 2.02. The van der Waals surface area contributed by atoms with Gasteiger partial charge in [-0.25, -0.2) is 0 Å². The maximum atomic E-state index is 12.5. The first-order valence-corrected chi connectivity index (χ1v) is 7.71. The largest absolute Gasteiger partial charge is 0.380 e. The van der Waals surface area contributed by atoms with Crippen LogP contribution in [0.25, 0.3) is 0 Å². The van der Waals surface area contributed by atoms with Crippen molar-refractivity contribution in [3.05, 3.63) is 70.2 Å². The second kappa shape index (κ2) is 7.47. The monoisotopic (exact) mass is 346 g/mol. The molecule has 0 aliphatic rings. The van der Waals surface area contributed by atoms with Gasteiger partial charge >= 0.3 is 0 Å². The summed E-state index contributed by atoms with van der Waals surface area (Å²) < 4.78 is 5.04. The molecular weight excluding hydrogens is 328 g/mol. The predicted octanol–water partition coefficient (Wildman–Crippen LogP) is 2.62. The second-order valence-electron chi connectivity index (χ2n) is 5.58. The lowest BCUT2D eigenvalue weighted by atomic mass is 9.90. The van der Waals surface area contributed by atoms with Crippen molar-refractivity contribution in [1.82, 2.24) is 5.32 Å². The van der Waals surface area contributed by atoms with Gasteiger partial charge in [-0.3, -0.25) is 9.59 Å². The van der Waals surface area contributed by atoms with Crippen molar-refractivity contribution in [2.24, 2.45) is 5.73 Å². The summed E-state index contributed by atoms with van der Waals surface area (Å²) >= 11 is 5.98. The lowest BCUT2D eigenvalue weighted by Crippen LogP contribution is -2.52. The zero-order chi connectivity index (χ0) is 17.7. The minimum absolute atomic E-state index is 0.403. The number of ether oxygens (including phenoxy) is 1. The van der Waals surface area contributed by atoms with E-state index in [0.29, 0.717) is 22.8 Å². The minimum Gasteiger partial charge on any atom is -0.380 e. The van der Waals surface area contributed by atoms with E-state index in [1.807, 2.05) is 0 Å². The molecule has 1 atom stereocenters. The molecule has 0 heterocycles. The number of benzene rings is 2. The molecule has 3 N–H and O–H groups in total. The van der Waals surface area contributed by atoms with Crippen LogP contribution in [0.3, 0.4) is 0 Å². The Balaban J connectivity index is 2.27. The molecule has 0 saturated heterocycles. The first-order chi connectivity index (χ1) is 11.4. The van der Waals surface area contributed by atoms with E-state index in [-0.39, 0.29) is 0 Å². The number of rotatable bonds is 6. The predicted molar refractivity (Wildman–Crippen MR) is 92.6 cm³/mol. The fourth-order valence-corrected chi connectivity index (χ4v) is 2.48. The highest BCUT2D eigenvalue weighted by atomic mass is 35.5. The van der Waals surface area contributed by atoms with E-state index in [1.54, 1.807) is 62.6 Å². The highest BCUT2D eigenvalue weighted by Gasteiger charge is 2.35. The highest BCUT2D eigenvalue weighted by Crippen LogP contribution is 2.24.